The second-order valence-electron chi connectivity index (χ2n) is 2.23. The van der Waals surface area contributed by atoms with Crippen LogP contribution in [0.3, 0.4) is 0 Å². The Hall–Kier alpha value is -1.51. The Morgan fingerprint density at radius 2 is 2.09 bits per heavy atom. The van der Waals surface area contributed by atoms with Gasteiger partial charge in [-0.05, 0) is 19.1 Å². The Kier molecular flexibility index (Phi) is 2.11. The summed E-state index contributed by atoms with van der Waals surface area (Å²) in [6, 6.07) is 6.94. The van der Waals surface area contributed by atoms with Gasteiger partial charge in [0.2, 0.25) is 0 Å². The SMILES string of the molecule is CC(=NN)c1ccccc1O. The molecular weight excluding hydrogens is 140 g/mol. The van der Waals surface area contributed by atoms with E-state index >= 15 is 0 Å². The molecule has 0 unspecified atom stereocenters. The van der Waals surface area contributed by atoms with Gasteiger partial charge in [0, 0.05) is 5.56 Å². The summed E-state index contributed by atoms with van der Waals surface area (Å²) in [6.45, 7) is 1.75. The molecule has 0 aliphatic carbocycles. The Balaban J connectivity index is 3.14. The minimum atomic E-state index is 0.208. The molecule has 58 valence electrons. The Morgan fingerprint density at radius 3 is 2.64 bits per heavy atom. The molecule has 0 bridgehead atoms. The summed E-state index contributed by atoms with van der Waals surface area (Å²) in [5, 5.41) is 12.8. The maximum Gasteiger partial charge on any atom is 0.124 e. The summed E-state index contributed by atoms with van der Waals surface area (Å²) in [4.78, 5) is 0. The first-order valence-corrected chi connectivity index (χ1v) is 3.28. The number of para-hydroxylation sites is 1. The number of nitrogens with two attached hydrogens (primary N) is 1. The van der Waals surface area contributed by atoms with Crippen LogP contribution in [0, 0.1) is 0 Å². The highest BCUT2D eigenvalue weighted by atomic mass is 16.3. The molecule has 0 fully saturated rings. The molecule has 0 saturated heterocycles. The molecule has 11 heavy (non-hydrogen) atoms. The van der Waals surface area contributed by atoms with E-state index in [0.29, 0.717) is 11.3 Å². The van der Waals surface area contributed by atoms with E-state index in [-0.39, 0.29) is 5.75 Å². The third-order valence-corrected chi connectivity index (χ3v) is 1.49. The average molecular weight is 150 g/mol. The third-order valence-electron chi connectivity index (χ3n) is 1.49. The highest BCUT2D eigenvalue weighted by molar-refractivity contribution is 6.00. The minimum absolute atomic E-state index is 0.208. The van der Waals surface area contributed by atoms with Crippen molar-refractivity contribution in [1.82, 2.24) is 0 Å². The predicted octanol–water partition coefficient (Wildman–Crippen LogP) is 1.07. The van der Waals surface area contributed by atoms with Crippen molar-refractivity contribution in [2.75, 3.05) is 0 Å². The third kappa shape index (κ3) is 1.49. The lowest BCUT2D eigenvalue weighted by molar-refractivity contribution is 0.474. The lowest BCUT2D eigenvalue weighted by Crippen LogP contribution is -1.98. The normalized spacial score (nSPS) is 11.5. The maximum absolute atomic E-state index is 9.28. The van der Waals surface area contributed by atoms with Crippen LogP contribution in [-0.4, -0.2) is 10.8 Å². The summed E-state index contributed by atoms with van der Waals surface area (Å²) in [6.07, 6.45) is 0. The van der Waals surface area contributed by atoms with Crippen molar-refractivity contribution in [3.8, 4) is 5.75 Å². The molecule has 3 heteroatoms. The number of hydrogen-bond acceptors (Lipinski definition) is 3. The van der Waals surface area contributed by atoms with E-state index in [2.05, 4.69) is 5.10 Å². The van der Waals surface area contributed by atoms with Crippen LogP contribution in [-0.2, 0) is 0 Å². The lowest BCUT2D eigenvalue weighted by Gasteiger charge is -2.00. The van der Waals surface area contributed by atoms with Gasteiger partial charge in [-0.15, -0.1) is 0 Å². The van der Waals surface area contributed by atoms with Gasteiger partial charge in [0.15, 0.2) is 0 Å². The van der Waals surface area contributed by atoms with Gasteiger partial charge in [-0.1, -0.05) is 12.1 Å². The van der Waals surface area contributed by atoms with E-state index in [1.807, 2.05) is 6.07 Å². The van der Waals surface area contributed by atoms with Crippen LogP contribution in [0.1, 0.15) is 12.5 Å². The second kappa shape index (κ2) is 3.05. The molecule has 0 spiro atoms. The molecule has 0 radical (unpaired) electrons. The molecule has 1 aromatic carbocycles. The van der Waals surface area contributed by atoms with Gasteiger partial charge in [-0.2, -0.15) is 5.10 Å². The molecule has 0 heterocycles. The van der Waals surface area contributed by atoms with Crippen molar-refractivity contribution in [2.45, 2.75) is 6.92 Å². The molecular formula is C8H10N2O. The fraction of sp³-hybridized carbons (Fsp3) is 0.125. The zero-order valence-corrected chi connectivity index (χ0v) is 6.28. The molecule has 3 nitrogen and oxygen atoms in total. The summed E-state index contributed by atoms with van der Waals surface area (Å²) in [7, 11) is 0. The zero-order valence-electron chi connectivity index (χ0n) is 6.28. The van der Waals surface area contributed by atoms with Crippen molar-refractivity contribution in [3.05, 3.63) is 29.8 Å². The predicted molar refractivity (Wildman–Crippen MR) is 44.5 cm³/mol. The highest BCUT2D eigenvalue weighted by Crippen LogP contribution is 2.15. The van der Waals surface area contributed by atoms with E-state index in [4.69, 9.17) is 5.84 Å². The Labute approximate surface area is 65.2 Å². The van der Waals surface area contributed by atoms with E-state index in [1.54, 1.807) is 25.1 Å². The van der Waals surface area contributed by atoms with Gasteiger partial charge >= 0.3 is 0 Å². The van der Waals surface area contributed by atoms with E-state index < -0.39 is 0 Å². The van der Waals surface area contributed by atoms with Crippen LogP contribution in [0.15, 0.2) is 29.4 Å². The Bertz CT molecular complexity index is 281. The highest BCUT2D eigenvalue weighted by Gasteiger charge is 2.00. The fourth-order valence-electron chi connectivity index (χ4n) is 0.849. The van der Waals surface area contributed by atoms with Crippen molar-refractivity contribution < 1.29 is 5.11 Å². The minimum Gasteiger partial charge on any atom is -0.507 e. The first kappa shape index (κ1) is 7.60. The summed E-state index contributed by atoms with van der Waals surface area (Å²) in [5.41, 5.74) is 1.30. The monoisotopic (exact) mass is 150 g/mol. The molecule has 0 aliphatic rings. The average Bonchev–Trinajstić information content (AvgIpc) is 2.04. The van der Waals surface area contributed by atoms with Gasteiger partial charge in [0.1, 0.15) is 5.75 Å². The quantitative estimate of drug-likeness (QED) is 0.357. The first-order valence-electron chi connectivity index (χ1n) is 3.28. The molecule has 0 saturated carbocycles. The topological polar surface area (TPSA) is 58.6 Å². The summed E-state index contributed by atoms with van der Waals surface area (Å²) in [5.74, 6) is 5.26. The van der Waals surface area contributed by atoms with Crippen LogP contribution < -0.4 is 5.84 Å². The van der Waals surface area contributed by atoms with Crippen molar-refractivity contribution in [1.29, 1.82) is 0 Å². The number of phenols is 1. The Morgan fingerprint density at radius 1 is 1.45 bits per heavy atom. The van der Waals surface area contributed by atoms with E-state index in [9.17, 15) is 5.11 Å². The van der Waals surface area contributed by atoms with Crippen LogP contribution in [0.4, 0.5) is 0 Å². The molecule has 1 rings (SSSR count). The van der Waals surface area contributed by atoms with Gasteiger partial charge in [-0.3, -0.25) is 0 Å². The summed E-state index contributed by atoms with van der Waals surface area (Å²) < 4.78 is 0. The number of hydrazone groups is 1. The molecule has 3 N–H and O–H groups in total. The van der Waals surface area contributed by atoms with Gasteiger partial charge in [0.05, 0.1) is 5.71 Å². The van der Waals surface area contributed by atoms with Crippen molar-refractivity contribution >= 4 is 5.71 Å². The smallest absolute Gasteiger partial charge is 0.124 e. The second-order valence-corrected chi connectivity index (χ2v) is 2.23. The first-order chi connectivity index (χ1) is 5.25. The summed E-state index contributed by atoms with van der Waals surface area (Å²) >= 11 is 0. The van der Waals surface area contributed by atoms with Gasteiger partial charge in [0.25, 0.3) is 0 Å². The van der Waals surface area contributed by atoms with E-state index in [1.165, 1.54) is 0 Å². The number of benzene rings is 1. The number of phenolic OH excluding ortho intramolecular Hbond substituents is 1. The van der Waals surface area contributed by atoms with E-state index in [0.717, 1.165) is 0 Å². The zero-order chi connectivity index (χ0) is 8.27. The van der Waals surface area contributed by atoms with Crippen LogP contribution in [0.2, 0.25) is 0 Å². The lowest BCUT2D eigenvalue weighted by atomic mass is 10.1. The maximum atomic E-state index is 9.28. The number of aromatic hydroxyl groups is 1. The largest absolute Gasteiger partial charge is 0.507 e. The van der Waals surface area contributed by atoms with Crippen LogP contribution >= 0.6 is 0 Å². The number of nitrogens with zero attached hydrogens (tertiary/aromatic N) is 1. The number of rotatable bonds is 1. The molecule has 0 aliphatic heterocycles. The fourth-order valence-corrected chi connectivity index (χ4v) is 0.849. The molecule has 0 amide bonds. The molecule has 0 aromatic heterocycles. The van der Waals surface area contributed by atoms with Crippen molar-refractivity contribution in [3.63, 3.8) is 0 Å². The molecule has 1 aromatic rings. The molecule has 0 atom stereocenters. The number of hydrogen-bond donors (Lipinski definition) is 2. The standard InChI is InChI=1S/C8H10N2O/c1-6(10-9)7-4-2-3-5-8(7)11/h2-5,11H,9H2,1H3. The van der Waals surface area contributed by atoms with Gasteiger partial charge in [-0.25, -0.2) is 0 Å². The van der Waals surface area contributed by atoms with Crippen LogP contribution in [0.25, 0.3) is 0 Å². The van der Waals surface area contributed by atoms with Crippen molar-refractivity contribution in [2.24, 2.45) is 10.9 Å². The van der Waals surface area contributed by atoms with Gasteiger partial charge < -0.3 is 10.9 Å². The van der Waals surface area contributed by atoms with Crippen LogP contribution in [0.5, 0.6) is 5.75 Å².